The molecule has 5 rings (SSSR count). The number of ketones is 1. The molecular weight excluding hydrogens is 536 g/mol. The van der Waals surface area contributed by atoms with Crippen LogP contribution >= 0.6 is 0 Å². The van der Waals surface area contributed by atoms with Crippen LogP contribution in [0.25, 0.3) is 5.57 Å². The summed E-state index contributed by atoms with van der Waals surface area (Å²) < 4.78 is 2.20. The van der Waals surface area contributed by atoms with Gasteiger partial charge in [-0.15, -0.1) is 0 Å². The van der Waals surface area contributed by atoms with E-state index in [-0.39, 0.29) is 51.5 Å². The molecule has 2 heterocycles. The van der Waals surface area contributed by atoms with E-state index in [4.69, 9.17) is 0 Å². The number of rotatable bonds is 3. The third-order valence-electron chi connectivity index (χ3n) is 10.1. The zero-order chi connectivity index (χ0) is 29.6. The van der Waals surface area contributed by atoms with Crippen LogP contribution in [0.4, 0.5) is 17.1 Å². The number of benzene rings is 2. The van der Waals surface area contributed by atoms with Gasteiger partial charge in [0.25, 0.3) is 0 Å². The highest BCUT2D eigenvalue weighted by Crippen LogP contribution is 2.50. The van der Waals surface area contributed by atoms with Crippen molar-refractivity contribution in [1.29, 1.82) is 0 Å². The average Bonchev–Trinajstić information content (AvgIpc) is 3.13. The number of likely N-dealkylation sites (N-methyl/N-ethyl adjacent to an activating group) is 2. The molecule has 42 heavy (non-hydrogen) atoms. The summed E-state index contributed by atoms with van der Waals surface area (Å²) in [6.45, 7) is 16.0. The molecule has 2 aliphatic heterocycles. The Morgan fingerprint density at radius 2 is 1.64 bits per heavy atom. The summed E-state index contributed by atoms with van der Waals surface area (Å²) >= 11 is 0. The molecule has 4 unspecified atom stereocenters. The van der Waals surface area contributed by atoms with Crippen LogP contribution in [0.1, 0.15) is 78.0 Å². The Balaban J connectivity index is 0.00000242. The smallest absolute Gasteiger partial charge is 0.334 e. The number of carbonyl (C=O) groups is 2. The van der Waals surface area contributed by atoms with Crippen molar-refractivity contribution < 1.29 is 35.7 Å². The van der Waals surface area contributed by atoms with Crippen molar-refractivity contribution >= 4 is 40.2 Å². The molecule has 0 bridgehead atoms. The Morgan fingerprint density at radius 3 is 2.19 bits per heavy atom. The highest BCUT2D eigenvalue weighted by Gasteiger charge is 2.50. The van der Waals surface area contributed by atoms with E-state index in [1.54, 1.807) is 6.92 Å². The predicted molar refractivity (Wildman–Crippen MR) is 162 cm³/mol. The minimum Gasteiger partial charge on any atom is -0.870 e. The predicted octanol–water partition coefficient (Wildman–Crippen LogP) is 0.775. The van der Waals surface area contributed by atoms with Gasteiger partial charge in [-0.25, -0.2) is 4.58 Å². The standard InChI is InChI=1S/C32H40N4O4.2H2O/c1-15-31(5,6)21-11-19(23(33-17(3)37)13-25(21)35(15)9)27-29(39)28(30(27)40)20-12-22-26(14-24(20)34-18(4)38)36(10)16(2)32(22,7)8;;/h11-16,27,29,39H,1-10H3,(H,33,37);2*1H2. The Bertz CT molecular complexity index is 1640. The summed E-state index contributed by atoms with van der Waals surface area (Å²) in [7, 11) is 4.08. The maximum atomic E-state index is 14.0. The van der Waals surface area contributed by atoms with Crippen LogP contribution in [0, 0.1) is 0 Å². The minimum absolute atomic E-state index is 0. The monoisotopic (exact) mass is 580 g/mol. The molecule has 228 valence electrons. The zero-order valence-electron chi connectivity index (χ0n) is 26.1. The maximum absolute atomic E-state index is 14.0. The summed E-state index contributed by atoms with van der Waals surface area (Å²) in [5, 5.41) is 26.3. The van der Waals surface area contributed by atoms with Gasteiger partial charge < -0.3 is 31.4 Å². The summed E-state index contributed by atoms with van der Waals surface area (Å²) in [5.41, 5.74) is 4.88. The molecule has 1 aliphatic carbocycles. The zero-order valence-corrected chi connectivity index (χ0v) is 26.1. The first-order valence-corrected chi connectivity index (χ1v) is 14.0. The van der Waals surface area contributed by atoms with Crippen LogP contribution in [0.5, 0.6) is 0 Å². The van der Waals surface area contributed by atoms with Crippen molar-refractivity contribution in [3.8, 4) is 0 Å². The third kappa shape index (κ3) is 4.53. The molecule has 0 spiro atoms. The lowest BCUT2D eigenvalue weighted by Gasteiger charge is -2.36. The van der Waals surface area contributed by atoms with E-state index in [9.17, 15) is 19.8 Å². The molecule has 2 aromatic rings. The van der Waals surface area contributed by atoms with E-state index in [1.807, 2.05) is 38.4 Å². The quantitative estimate of drug-likeness (QED) is 0.236. The number of hydrogen-bond acceptors (Lipinski definition) is 6. The second kappa shape index (κ2) is 10.6. The van der Waals surface area contributed by atoms with Gasteiger partial charge in [0.1, 0.15) is 7.05 Å². The summed E-state index contributed by atoms with van der Waals surface area (Å²) in [4.78, 5) is 31.4. The van der Waals surface area contributed by atoms with Gasteiger partial charge in [0.2, 0.25) is 17.0 Å². The Labute approximate surface area is 246 Å². The lowest BCUT2D eigenvalue weighted by Crippen LogP contribution is -2.69. The van der Waals surface area contributed by atoms with Crippen molar-refractivity contribution in [2.45, 2.75) is 90.3 Å². The maximum Gasteiger partial charge on any atom is 0.334 e. The highest BCUT2D eigenvalue weighted by atomic mass is 16.3. The van der Waals surface area contributed by atoms with Crippen molar-refractivity contribution in [3.05, 3.63) is 51.5 Å². The molecule has 0 aromatic heterocycles. The number of nitrogens with zero attached hydrogens (tertiary/aromatic N) is 2. The first-order chi connectivity index (χ1) is 18.5. The average molecular weight is 581 g/mol. The molecular formula is C32H44N4O6. The van der Waals surface area contributed by atoms with Gasteiger partial charge in [-0.3, -0.25) is 9.59 Å². The fraction of sp³-hybridized carbons (Fsp3) is 0.500. The fourth-order valence-corrected chi connectivity index (χ4v) is 6.85. The Hall–Kier alpha value is -3.60. The summed E-state index contributed by atoms with van der Waals surface area (Å²) in [5.74, 6) is -1.24. The Kier molecular flexibility index (Phi) is 8.30. The van der Waals surface area contributed by atoms with E-state index in [0.717, 1.165) is 22.2 Å². The number of aliphatic hydroxyl groups is 2. The number of nitrogens with one attached hydrogen (secondary N) is 2. The molecule has 1 saturated carbocycles. The number of amides is 1. The second-order valence-electron chi connectivity index (χ2n) is 13.0. The van der Waals surface area contributed by atoms with Crippen LogP contribution in [0.3, 0.4) is 0 Å². The van der Waals surface area contributed by atoms with Crippen molar-refractivity contribution in [2.75, 3.05) is 24.3 Å². The van der Waals surface area contributed by atoms with Gasteiger partial charge in [0, 0.05) is 47.9 Å². The highest BCUT2D eigenvalue weighted by molar-refractivity contribution is 6.28. The molecule has 0 radical (unpaired) electrons. The molecule has 4 atom stereocenters. The van der Waals surface area contributed by atoms with Gasteiger partial charge in [0.05, 0.1) is 35.6 Å². The first-order valence-electron chi connectivity index (χ1n) is 14.0. The lowest BCUT2D eigenvalue weighted by molar-refractivity contribution is -0.367. The number of hydrogen-bond donors (Lipinski definition) is 4. The minimum atomic E-state index is -1.07. The molecule has 1 amide bonds. The number of anilines is 2. The van der Waals surface area contributed by atoms with Gasteiger partial charge in [0.15, 0.2) is 11.8 Å². The SMILES string of the molecule is CC(=O)Nc1cc2c(cc1C1C(=O)C(=c3cc4c(cc3[NH+]=C(C)O)=[N+](C)C(C)C4(C)C)C1O)C(C)(C)C(C)N2C.[OH-].[OH-]. The molecule has 6 N–H and O–H groups in total. The normalized spacial score (nSPS) is 26.5. The summed E-state index contributed by atoms with van der Waals surface area (Å²) in [6.07, 6.45) is -1.07. The van der Waals surface area contributed by atoms with Crippen LogP contribution in [0.2, 0.25) is 0 Å². The number of Topliss-reactive ketones (excluding diaryl/α,β-unsaturated/α-hetero) is 1. The van der Waals surface area contributed by atoms with E-state index in [1.165, 1.54) is 6.92 Å². The second-order valence-corrected chi connectivity index (χ2v) is 13.0. The molecule has 2 aromatic carbocycles. The van der Waals surface area contributed by atoms with E-state index in [2.05, 4.69) is 61.3 Å². The van der Waals surface area contributed by atoms with Gasteiger partial charge in [-0.05, 0) is 51.0 Å². The first kappa shape index (κ1) is 32.9. The van der Waals surface area contributed by atoms with Crippen LogP contribution in [-0.4, -0.2) is 71.0 Å². The van der Waals surface area contributed by atoms with Gasteiger partial charge >= 0.3 is 5.90 Å². The van der Waals surface area contributed by atoms with Crippen molar-refractivity contribution in [2.24, 2.45) is 0 Å². The van der Waals surface area contributed by atoms with Gasteiger partial charge in [-0.2, -0.15) is 4.99 Å². The molecule has 0 saturated heterocycles. The largest absolute Gasteiger partial charge is 0.870 e. The number of fused-ring (bicyclic) bond motifs is 2. The van der Waals surface area contributed by atoms with Gasteiger partial charge in [-0.1, -0.05) is 19.9 Å². The van der Waals surface area contributed by atoms with Crippen molar-refractivity contribution in [1.82, 2.24) is 4.58 Å². The number of aliphatic hydroxyl groups excluding tert-OH is 2. The summed E-state index contributed by atoms with van der Waals surface area (Å²) in [6, 6.07) is 8.31. The topological polar surface area (TPSA) is 167 Å². The third-order valence-corrected chi connectivity index (χ3v) is 10.1. The molecule has 3 aliphatic rings. The van der Waals surface area contributed by atoms with E-state index < -0.39 is 12.0 Å². The van der Waals surface area contributed by atoms with Crippen molar-refractivity contribution in [3.63, 3.8) is 0 Å². The van der Waals surface area contributed by atoms with Crippen LogP contribution < -0.4 is 30.4 Å². The fourth-order valence-electron chi connectivity index (χ4n) is 6.85. The van der Waals surface area contributed by atoms with E-state index >= 15 is 0 Å². The van der Waals surface area contributed by atoms with Crippen LogP contribution in [0.15, 0.2) is 24.3 Å². The molecule has 10 heteroatoms. The lowest BCUT2D eigenvalue weighted by atomic mass is 9.68. The van der Waals surface area contributed by atoms with Crippen LogP contribution in [-0.2, 0) is 20.4 Å². The van der Waals surface area contributed by atoms with E-state index in [0.29, 0.717) is 27.7 Å². The molecule has 1 fully saturated rings. The Morgan fingerprint density at radius 1 is 1.02 bits per heavy atom. The number of carbonyl (C=O) groups excluding carboxylic acids is 2. The molecule has 10 nitrogen and oxygen atoms in total.